The number of carbonyl (C=O) groups excluding carboxylic acids is 1. The summed E-state index contributed by atoms with van der Waals surface area (Å²) < 4.78 is 33.7. The number of benzene rings is 2. The van der Waals surface area contributed by atoms with Crippen LogP contribution in [0.2, 0.25) is 5.02 Å². The normalized spacial score (nSPS) is 21.1. The maximum Gasteiger partial charge on any atom is 0.251 e. The Bertz CT molecular complexity index is 896. The third-order valence-electron chi connectivity index (χ3n) is 6.13. The predicted octanol–water partition coefficient (Wildman–Crippen LogP) is 4.56. The van der Waals surface area contributed by atoms with Gasteiger partial charge in [-0.2, -0.15) is 0 Å². The number of amides is 1. The van der Waals surface area contributed by atoms with Gasteiger partial charge in [-0.25, -0.2) is 8.78 Å². The molecule has 2 fully saturated rings. The number of likely N-dealkylation sites (tertiary alicyclic amines) is 1. The van der Waals surface area contributed by atoms with Gasteiger partial charge in [-0.1, -0.05) is 23.7 Å². The molecule has 2 saturated heterocycles. The monoisotopic (exact) mass is 434 g/mol. The summed E-state index contributed by atoms with van der Waals surface area (Å²) in [4.78, 5) is 14.4. The molecule has 0 radical (unpaired) electrons. The second-order valence-corrected chi connectivity index (χ2v) is 8.57. The molecule has 4 nitrogen and oxygen atoms in total. The Morgan fingerprint density at radius 3 is 2.67 bits per heavy atom. The van der Waals surface area contributed by atoms with Crippen LogP contribution in [0.25, 0.3) is 0 Å². The van der Waals surface area contributed by atoms with E-state index in [1.165, 1.54) is 24.3 Å². The number of piperidine rings is 1. The van der Waals surface area contributed by atoms with Crippen LogP contribution in [0.1, 0.15) is 41.6 Å². The second kappa shape index (κ2) is 9.00. The van der Waals surface area contributed by atoms with Crippen molar-refractivity contribution < 1.29 is 18.3 Å². The first-order chi connectivity index (χ1) is 14.4. The summed E-state index contributed by atoms with van der Waals surface area (Å²) in [5.74, 6) is -0.994. The highest BCUT2D eigenvalue weighted by Gasteiger charge is 2.42. The number of ether oxygens (including phenoxy) is 1. The lowest BCUT2D eigenvalue weighted by molar-refractivity contribution is -0.0765. The molecule has 7 heteroatoms. The quantitative estimate of drug-likeness (QED) is 0.750. The lowest BCUT2D eigenvalue weighted by atomic mass is 9.88. The molecule has 2 aliphatic heterocycles. The molecule has 160 valence electrons. The van der Waals surface area contributed by atoms with Crippen LogP contribution in [0.15, 0.2) is 42.5 Å². The zero-order valence-corrected chi connectivity index (χ0v) is 17.4. The van der Waals surface area contributed by atoms with Crippen molar-refractivity contribution in [1.29, 1.82) is 0 Å². The van der Waals surface area contributed by atoms with E-state index in [0.717, 1.165) is 38.8 Å². The minimum atomic E-state index is -0.429. The van der Waals surface area contributed by atoms with Gasteiger partial charge < -0.3 is 10.1 Å². The van der Waals surface area contributed by atoms with Crippen molar-refractivity contribution in [2.24, 2.45) is 0 Å². The molecule has 2 aromatic carbocycles. The molecule has 0 unspecified atom stereocenters. The van der Waals surface area contributed by atoms with E-state index in [1.807, 2.05) is 0 Å². The van der Waals surface area contributed by atoms with Crippen molar-refractivity contribution in [3.8, 4) is 0 Å². The second-order valence-electron chi connectivity index (χ2n) is 8.16. The number of hydrogen-bond donors (Lipinski definition) is 1. The highest BCUT2D eigenvalue weighted by molar-refractivity contribution is 6.31. The lowest BCUT2D eigenvalue weighted by Gasteiger charge is -2.39. The maximum absolute atomic E-state index is 14.1. The number of halogens is 3. The minimum absolute atomic E-state index is 0.0462. The minimum Gasteiger partial charge on any atom is -0.370 e. The molecule has 1 atom stereocenters. The largest absolute Gasteiger partial charge is 0.370 e. The fourth-order valence-corrected chi connectivity index (χ4v) is 4.59. The Balaban J connectivity index is 1.26. The van der Waals surface area contributed by atoms with Crippen LogP contribution in [0.4, 0.5) is 8.78 Å². The third-order valence-corrected chi connectivity index (χ3v) is 6.48. The van der Waals surface area contributed by atoms with Gasteiger partial charge in [-0.15, -0.1) is 0 Å². The van der Waals surface area contributed by atoms with Gasteiger partial charge in [0.15, 0.2) is 0 Å². The Kier molecular flexibility index (Phi) is 6.37. The fourth-order valence-electron chi connectivity index (χ4n) is 4.37. The summed E-state index contributed by atoms with van der Waals surface area (Å²) in [5.41, 5.74) is 0.673. The molecule has 0 bridgehead atoms. The smallest absolute Gasteiger partial charge is 0.251 e. The van der Waals surface area contributed by atoms with Gasteiger partial charge in [-0.3, -0.25) is 9.69 Å². The van der Waals surface area contributed by atoms with Gasteiger partial charge in [0.1, 0.15) is 11.6 Å². The molecule has 1 spiro atoms. The summed E-state index contributed by atoms with van der Waals surface area (Å²) in [5, 5.41) is 3.31. The predicted molar refractivity (Wildman–Crippen MR) is 111 cm³/mol. The van der Waals surface area contributed by atoms with Crippen molar-refractivity contribution in [3.63, 3.8) is 0 Å². The molecule has 1 amide bonds. The zero-order chi connectivity index (χ0) is 21.1. The summed E-state index contributed by atoms with van der Waals surface area (Å²) in [6.07, 6.45) is 3.51. The maximum atomic E-state index is 14.1. The molecular weight excluding hydrogens is 410 g/mol. The summed E-state index contributed by atoms with van der Waals surface area (Å²) >= 11 is 6.16. The molecule has 4 rings (SSSR count). The average molecular weight is 435 g/mol. The summed E-state index contributed by atoms with van der Waals surface area (Å²) in [6.45, 7) is 2.53. The molecule has 1 N–H and O–H groups in total. The van der Waals surface area contributed by atoms with Crippen LogP contribution < -0.4 is 5.32 Å². The van der Waals surface area contributed by atoms with Crippen molar-refractivity contribution in [3.05, 3.63) is 70.2 Å². The molecule has 2 aromatic rings. The molecule has 30 heavy (non-hydrogen) atoms. The van der Waals surface area contributed by atoms with Crippen LogP contribution in [0.3, 0.4) is 0 Å². The number of rotatable bonds is 5. The van der Waals surface area contributed by atoms with Crippen LogP contribution in [-0.4, -0.2) is 42.1 Å². The number of carbonyl (C=O) groups is 1. The van der Waals surface area contributed by atoms with Crippen molar-refractivity contribution in [1.82, 2.24) is 10.2 Å². The van der Waals surface area contributed by atoms with E-state index in [2.05, 4.69) is 10.2 Å². The van der Waals surface area contributed by atoms with E-state index >= 15 is 0 Å². The van der Waals surface area contributed by atoms with E-state index in [4.69, 9.17) is 16.3 Å². The van der Waals surface area contributed by atoms with Gasteiger partial charge in [0, 0.05) is 42.3 Å². The highest BCUT2D eigenvalue weighted by Crippen LogP contribution is 2.39. The highest BCUT2D eigenvalue weighted by atomic mass is 35.5. The Labute approximate surface area is 180 Å². The van der Waals surface area contributed by atoms with Gasteiger partial charge >= 0.3 is 0 Å². The van der Waals surface area contributed by atoms with Crippen LogP contribution >= 0.6 is 11.6 Å². The number of nitrogens with zero attached hydrogens (tertiary/aromatic N) is 1. The van der Waals surface area contributed by atoms with Crippen molar-refractivity contribution >= 4 is 17.5 Å². The molecule has 0 saturated carbocycles. The van der Waals surface area contributed by atoms with E-state index in [-0.39, 0.29) is 23.4 Å². The standard InChI is InChI=1S/C23H25ClF2N2O2/c24-20-5-2-6-21(26)19(20)15-28-11-9-23(10-12-28)8-7-18(30-23)14-27-22(29)16-3-1-4-17(25)13-16/h1-6,13,18H,7-12,14-15H2,(H,27,29)/t18-/m0/s1. The van der Waals surface area contributed by atoms with Crippen LogP contribution in [0, 0.1) is 11.6 Å². The summed E-state index contributed by atoms with van der Waals surface area (Å²) in [6, 6.07) is 10.4. The third kappa shape index (κ3) is 4.82. The topological polar surface area (TPSA) is 41.6 Å². The molecular formula is C23H25ClF2N2O2. The van der Waals surface area contributed by atoms with Gasteiger partial charge in [0.2, 0.25) is 0 Å². The van der Waals surface area contributed by atoms with Gasteiger partial charge in [0.25, 0.3) is 5.91 Å². The SMILES string of the molecule is O=C(NC[C@@H]1CCC2(CCN(Cc3c(F)cccc3Cl)CC2)O1)c1cccc(F)c1. The Morgan fingerprint density at radius 2 is 1.93 bits per heavy atom. The molecule has 0 aromatic heterocycles. The average Bonchev–Trinajstić information content (AvgIpc) is 3.13. The molecule has 2 aliphatic rings. The first-order valence-corrected chi connectivity index (χ1v) is 10.7. The van der Waals surface area contributed by atoms with Crippen LogP contribution in [-0.2, 0) is 11.3 Å². The Hall–Kier alpha value is -2.02. The lowest BCUT2D eigenvalue weighted by Crippen LogP contribution is -2.45. The van der Waals surface area contributed by atoms with Crippen LogP contribution in [0.5, 0.6) is 0 Å². The van der Waals surface area contributed by atoms with E-state index in [9.17, 15) is 13.6 Å². The Morgan fingerprint density at radius 1 is 1.17 bits per heavy atom. The first kappa shape index (κ1) is 21.2. The van der Waals surface area contributed by atoms with Gasteiger partial charge in [0.05, 0.1) is 11.7 Å². The molecule has 0 aliphatic carbocycles. The van der Waals surface area contributed by atoms with E-state index in [0.29, 0.717) is 29.2 Å². The van der Waals surface area contributed by atoms with E-state index in [1.54, 1.807) is 18.2 Å². The zero-order valence-electron chi connectivity index (χ0n) is 16.7. The first-order valence-electron chi connectivity index (χ1n) is 10.3. The van der Waals surface area contributed by atoms with Crippen molar-refractivity contribution in [2.75, 3.05) is 19.6 Å². The summed E-state index contributed by atoms with van der Waals surface area (Å²) in [7, 11) is 0. The number of hydrogen-bond acceptors (Lipinski definition) is 3. The van der Waals surface area contributed by atoms with Gasteiger partial charge in [-0.05, 0) is 56.0 Å². The number of nitrogens with one attached hydrogen (secondary N) is 1. The molecule has 2 heterocycles. The van der Waals surface area contributed by atoms with E-state index < -0.39 is 5.82 Å². The van der Waals surface area contributed by atoms with Crippen molar-refractivity contribution in [2.45, 2.75) is 43.9 Å². The fraction of sp³-hybridized carbons (Fsp3) is 0.435.